The third-order valence-corrected chi connectivity index (χ3v) is 2.45. The molecule has 0 fully saturated rings. The van der Waals surface area contributed by atoms with Crippen molar-refractivity contribution in [1.29, 1.82) is 0 Å². The first-order chi connectivity index (χ1) is 7.22. The van der Waals surface area contributed by atoms with Crippen molar-refractivity contribution in [2.75, 3.05) is 0 Å². The Morgan fingerprint density at radius 3 is 2.80 bits per heavy atom. The van der Waals surface area contributed by atoms with Crippen LogP contribution >= 0.6 is 0 Å². The quantitative estimate of drug-likeness (QED) is 0.757. The zero-order valence-corrected chi connectivity index (χ0v) is 8.74. The van der Waals surface area contributed by atoms with Crippen molar-refractivity contribution in [2.45, 2.75) is 13.8 Å². The lowest BCUT2D eigenvalue weighted by atomic mass is 10.0. The second-order valence-corrected chi connectivity index (χ2v) is 3.64. The van der Waals surface area contributed by atoms with Gasteiger partial charge in [0, 0.05) is 5.56 Å². The molecule has 15 heavy (non-hydrogen) atoms. The molecule has 0 aliphatic carbocycles. The summed E-state index contributed by atoms with van der Waals surface area (Å²) in [5, 5.41) is 6.73. The van der Waals surface area contributed by atoms with E-state index in [9.17, 15) is 4.79 Å². The number of aryl methyl sites for hydroxylation is 2. The first-order valence-electron chi connectivity index (χ1n) is 4.78. The predicted octanol–water partition coefficient (Wildman–Crippen LogP) is 2.51. The third-order valence-electron chi connectivity index (χ3n) is 2.45. The van der Waals surface area contributed by atoms with E-state index in [1.165, 1.54) is 5.56 Å². The fourth-order valence-electron chi connectivity index (χ4n) is 1.69. The van der Waals surface area contributed by atoms with E-state index in [0.29, 0.717) is 5.56 Å². The molecule has 0 atom stereocenters. The minimum Gasteiger partial charge on any atom is -0.298 e. The summed E-state index contributed by atoms with van der Waals surface area (Å²) >= 11 is 0. The molecule has 0 spiro atoms. The van der Waals surface area contributed by atoms with Gasteiger partial charge in [-0.25, -0.2) is 0 Å². The van der Waals surface area contributed by atoms with Crippen LogP contribution in [0.2, 0.25) is 0 Å². The minimum atomic E-state index is 0.599. The van der Waals surface area contributed by atoms with Crippen molar-refractivity contribution < 1.29 is 4.79 Å². The van der Waals surface area contributed by atoms with Gasteiger partial charge in [-0.05, 0) is 19.4 Å². The Morgan fingerprint density at radius 1 is 1.33 bits per heavy atom. The standard InChI is InChI=1S/C12H12N2O/c1-8-3-4-11(9(2)5-8)12-10(7-15)6-13-14-12/h3-7H,1-2H3,(H,13,14). The molecule has 0 aliphatic heterocycles. The van der Waals surface area contributed by atoms with E-state index in [2.05, 4.69) is 16.3 Å². The van der Waals surface area contributed by atoms with E-state index < -0.39 is 0 Å². The Labute approximate surface area is 88.1 Å². The highest BCUT2D eigenvalue weighted by atomic mass is 16.1. The molecular weight excluding hydrogens is 188 g/mol. The van der Waals surface area contributed by atoms with E-state index in [0.717, 1.165) is 23.1 Å². The lowest BCUT2D eigenvalue weighted by Crippen LogP contribution is -1.88. The number of aldehydes is 1. The number of nitrogens with zero attached hydrogens (tertiary/aromatic N) is 1. The van der Waals surface area contributed by atoms with E-state index >= 15 is 0 Å². The van der Waals surface area contributed by atoms with Gasteiger partial charge in [0.2, 0.25) is 0 Å². The zero-order chi connectivity index (χ0) is 10.8. The fraction of sp³-hybridized carbons (Fsp3) is 0.167. The number of aromatic amines is 1. The van der Waals surface area contributed by atoms with Crippen LogP contribution < -0.4 is 0 Å². The van der Waals surface area contributed by atoms with Crippen LogP contribution in [-0.4, -0.2) is 16.5 Å². The summed E-state index contributed by atoms with van der Waals surface area (Å²) in [6.45, 7) is 4.07. The maximum Gasteiger partial charge on any atom is 0.153 e. The van der Waals surface area contributed by atoms with Crippen LogP contribution in [0.1, 0.15) is 21.5 Å². The molecule has 1 aromatic carbocycles. The van der Waals surface area contributed by atoms with Crippen molar-refractivity contribution in [1.82, 2.24) is 10.2 Å². The molecule has 1 N–H and O–H groups in total. The molecular formula is C12H12N2O. The molecule has 1 aromatic heterocycles. The van der Waals surface area contributed by atoms with Gasteiger partial charge in [-0.15, -0.1) is 0 Å². The maximum absolute atomic E-state index is 10.8. The van der Waals surface area contributed by atoms with Crippen LogP contribution in [0, 0.1) is 13.8 Å². The van der Waals surface area contributed by atoms with Crippen molar-refractivity contribution >= 4 is 6.29 Å². The van der Waals surface area contributed by atoms with Gasteiger partial charge < -0.3 is 0 Å². The molecule has 0 radical (unpaired) electrons. The fourth-order valence-corrected chi connectivity index (χ4v) is 1.69. The van der Waals surface area contributed by atoms with Crippen LogP contribution in [0.3, 0.4) is 0 Å². The second kappa shape index (κ2) is 3.69. The molecule has 0 saturated carbocycles. The predicted molar refractivity (Wildman–Crippen MR) is 58.9 cm³/mol. The number of carbonyl (C=O) groups excluding carboxylic acids is 1. The number of carbonyl (C=O) groups is 1. The molecule has 0 unspecified atom stereocenters. The SMILES string of the molecule is Cc1ccc(-c2[nH]ncc2C=O)c(C)c1. The molecule has 3 heteroatoms. The Balaban J connectivity index is 2.59. The average molecular weight is 200 g/mol. The molecule has 1 heterocycles. The summed E-state index contributed by atoms with van der Waals surface area (Å²) in [5.41, 5.74) is 4.77. The summed E-state index contributed by atoms with van der Waals surface area (Å²) < 4.78 is 0. The number of nitrogens with one attached hydrogen (secondary N) is 1. The summed E-state index contributed by atoms with van der Waals surface area (Å²) in [7, 11) is 0. The highest BCUT2D eigenvalue weighted by molar-refractivity contribution is 5.86. The molecule has 76 valence electrons. The van der Waals surface area contributed by atoms with Gasteiger partial charge in [-0.3, -0.25) is 9.89 Å². The molecule has 0 aliphatic rings. The van der Waals surface area contributed by atoms with Gasteiger partial charge in [-0.1, -0.05) is 23.8 Å². The molecule has 0 amide bonds. The van der Waals surface area contributed by atoms with Crippen molar-refractivity contribution in [3.63, 3.8) is 0 Å². The summed E-state index contributed by atoms with van der Waals surface area (Å²) in [6, 6.07) is 6.12. The first-order valence-corrected chi connectivity index (χ1v) is 4.78. The monoisotopic (exact) mass is 200 g/mol. The summed E-state index contributed by atoms with van der Waals surface area (Å²) in [6.07, 6.45) is 2.36. The topological polar surface area (TPSA) is 45.8 Å². The number of H-pyrrole nitrogens is 1. The van der Waals surface area contributed by atoms with Gasteiger partial charge >= 0.3 is 0 Å². The zero-order valence-electron chi connectivity index (χ0n) is 8.74. The normalized spacial score (nSPS) is 10.3. The van der Waals surface area contributed by atoms with Gasteiger partial charge in [-0.2, -0.15) is 5.10 Å². The Morgan fingerprint density at radius 2 is 2.13 bits per heavy atom. The Bertz CT molecular complexity index is 500. The van der Waals surface area contributed by atoms with Gasteiger partial charge in [0.15, 0.2) is 6.29 Å². The summed E-state index contributed by atoms with van der Waals surface area (Å²) in [4.78, 5) is 10.8. The third kappa shape index (κ3) is 1.68. The highest BCUT2D eigenvalue weighted by Gasteiger charge is 2.08. The highest BCUT2D eigenvalue weighted by Crippen LogP contribution is 2.24. The molecule has 2 rings (SSSR count). The maximum atomic E-state index is 10.8. The van der Waals surface area contributed by atoms with Crippen LogP contribution in [0.15, 0.2) is 24.4 Å². The van der Waals surface area contributed by atoms with Gasteiger partial charge in [0.1, 0.15) is 0 Å². The van der Waals surface area contributed by atoms with E-state index in [-0.39, 0.29) is 0 Å². The molecule has 2 aromatic rings. The first kappa shape index (κ1) is 9.65. The van der Waals surface area contributed by atoms with E-state index in [4.69, 9.17) is 0 Å². The largest absolute Gasteiger partial charge is 0.298 e. The number of hydrogen-bond donors (Lipinski definition) is 1. The second-order valence-electron chi connectivity index (χ2n) is 3.64. The van der Waals surface area contributed by atoms with E-state index in [1.54, 1.807) is 6.20 Å². The number of aromatic nitrogens is 2. The molecule has 0 bridgehead atoms. The van der Waals surface area contributed by atoms with Crippen LogP contribution in [0.5, 0.6) is 0 Å². The lowest BCUT2D eigenvalue weighted by Gasteiger charge is -2.04. The van der Waals surface area contributed by atoms with Crippen molar-refractivity contribution in [3.8, 4) is 11.3 Å². The number of rotatable bonds is 2. The Hall–Kier alpha value is -1.90. The molecule has 3 nitrogen and oxygen atoms in total. The van der Waals surface area contributed by atoms with Crippen LogP contribution in [-0.2, 0) is 0 Å². The van der Waals surface area contributed by atoms with Crippen molar-refractivity contribution in [3.05, 3.63) is 41.1 Å². The molecule has 0 saturated heterocycles. The Kier molecular flexibility index (Phi) is 2.37. The smallest absolute Gasteiger partial charge is 0.153 e. The number of benzene rings is 1. The lowest BCUT2D eigenvalue weighted by molar-refractivity contribution is 0.112. The van der Waals surface area contributed by atoms with Crippen LogP contribution in [0.25, 0.3) is 11.3 Å². The average Bonchev–Trinajstić information content (AvgIpc) is 2.65. The summed E-state index contributed by atoms with van der Waals surface area (Å²) in [5.74, 6) is 0. The van der Waals surface area contributed by atoms with Gasteiger partial charge in [0.25, 0.3) is 0 Å². The van der Waals surface area contributed by atoms with Crippen LogP contribution in [0.4, 0.5) is 0 Å². The number of hydrogen-bond acceptors (Lipinski definition) is 2. The van der Waals surface area contributed by atoms with Crippen molar-refractivity contribution in [2.24, 2.45) is 0 Å². The van der Waals surface area contributed by atoms with Gasteiger partial charge in [0.05, 0.1) is 17.5 Å². The minimum absolute atomic E-state index is 0.599. The van der Waals surface area contributed by atoms with E-state index in [1.807, 2.05) is 26.0 Å².